The lowest BCUT2D eigenvalue weighted by Gasteiger charge is -2.15. The van der Waals surface area contributed by atoms with Crippen molar-refractivity contribution < 1.29 is 9.66 Å². The van der Waals surface area contributed by atoms with Crippen LogP contribution in [-0.2, 0) is 6.61 Å². The average Bonchev–Trinajstić information content (AvgIpc) is 2.52. The second-order valence-corrected chi connectivity index (χ2v) is 4.76. The molecule has 0 aliphatic heterocycles. The van der Waals surface area contributed by atoms with Crippen molar-refractivity contribution in [2.45, 2.75) is 26.0 Å². The van der Waals surface area contributed by atoms with Crippen LogP contribution in [0.3, 0.4) is 0 Å². The number of rotatable bonds is 6. The zero-order valence-corrected chi connectivity index (χ0v) is 11.9. The van der Waals surface area contributed by atoms with E-state index in [2.05, 4.69) is 0 Å². The van der Waals surface area contributed by atoms with Crippen molar-refractivity contribution in [3.63, 3.8) is 0 Å². The highest BCUT2D eigenvalue weighted by Crippen LogP contribution is 2.26. The second kappa shape index (κ2) is 6.85. The van der Waals surface area contributed by atoms with Gasteiger partial charge in [-0.05, 0) is 30.2 Å². The fourth-order valence-corrected chi connectivity index (χ4v) is 2.01. The monoisotopic (exact) mass is 286 g/mol. The fraction of sp³-hybridized carbons (Fsp3) is 0.250. The van der Waals surface area contributed by atoms with Crippen molar-refractivity contribution in [3.05, 3.63) is 69.8 Å². The van der Waals surface area contributed by atoms with E-state index in [4.69, 9.17) is 10.5 Å². The van der Waals surface area contributed by atoms with E-state index in [9.17, 15) is 10.1 Å². The van der Waals surface area contributed by atoms with Gasteiger partial charge in [0.25, 0.3) is 5.69 Å². The third kappa shape index (κ3) is 3.79. The summed E-state index contributed by atoms with van der Waals surface area (Å²) in [5.41, 5.74) is 7.99. The molecular formula is C16H18N2O3. The summed E-state index contributed by atoms with van der Waals surface area (Å²) in [7, 11) is 0. The Balaban J connectivity index is 2.08. The highest BCUT2D eigenvalue weighted by molar-refractivity contribution is 5.36. The van der Waals surface area contributed by atoms with Crippen LogP contribution < -0.4 is 10.5 Å². The molecule has 0 radical (unpaired) electrons. The van der Waals surface area contributed by atoms with Crippen molar-refractivity contribution >= 4 is 5.69 Å². The Hall–Kier alpha value is -2.40. The molecule has 5 nitrogen and oxygen atoms in total. The fourth-order valence-electron chi connectivity index (χ4n) is 2.01. The van der Waals surface area contributed by atoms with E-state index in [0.717, 1.165) is 23.3 Å². The smallest absolute Gasteiger partial charge is 0.269 e. The lowest BCUT2D eigenvalue weighted by molar-refractivity contribution is -0.384. The molecule has 0 bridgehead atoms. The molecule has 0 heterocycles. The molecule has 0 aliphatic carbocycles. The van der Waals surface area contributed by atoms with E-state index in [1.807, 2.05) is 31.2 Å². The largest absolute Gasteiger partial charge is 0.489 e. The first-order chi connectivity index (χ1) is 10.1. The number of hydrogen-bond acceptors (Lipinski definition) is 4. The molecule has 0 saturated heterocycles. The first-order valence-electron chi connectivity index (χ1n) is 6.82. The number of nitrogens with zero attached hydrogens (tertiary/aromatic N) is 1. The molecule has 2 N–H and O–H groups in total. The zero-order chi connectivity index (χ0) is 15.2. The summed E-state index contributed by atoms with van der Waals surface area (Å²) in [6.45, 7) is 2.38. The number of nitro groups is 1. The molecule has 1 unspecified atom stereocenters. The van der Waals surface area contributed by atoms with Gasteiger partial charge in [0.1, 0.15) is 12.4 Å². The summed E-state index contributed by atoms with van der Waals surface area (Å²) in [5.74, 6) is 0.755. The van der Waals surface area contributed by atoms with Crippen LogP contribution in [0.5, 0.6) is 5.75 Å². The summed E-state index contributed by atoms with van der Waals surface area (Å²) < 4.78 is 5.80. The maximum atomic E-state index is 10.6. The Bertz CT molecular complexity index is 611. The van der Waals surface area contributed by atoms with Gasteiger partial charge in [0.2, 0.25) is 0 Å². The van der Waals surface area contributed by atoms with Crippen LogP contribution >= 0.6 is 0 Å². The van der Waals surface area contributed by atoms with Crippen LogP contribution in [0.25, 0.3) is 0 Å². The summed E-state index contributed by atoms with van der Waals surface area (Å²) in [4.78, 5) is 10.2. The molecule has 5 heteroatoms. The minimum absolute atomic E-state index is 0.0574. The molecule has 110 valence electrons. The molecular weight excluding hydrogens is 268 g/mol. The van der Waals surface area contributed by atoms with Gasteiger partial charge >= 0.3 is 0 Å². The van der Waals surface area contributed by atoms with Gasteiger partial charge in [0.15, 0.2) is 0 Å². The summed E-state index contributed by atoms with van der Waals surface area (Å²) in [5, 5.41) is 10.6. The molecule has 2 aromatic rings. The maximum Gasteiger partial charge on any atom is 0.269 e. The van der Waals surface area contributed by atoms with Gasteiger partial charge in [-0.2, -0.15) is 0 Å². The van der Waals surface area contributed by atoms with Crippen LogP contribution in [-0.4, -0.2) is 4.92 Å². The molecule has 0 amide bonds. The lowest BCUT2D eigenvalue weighted by Crippen LogP contribution is -2.10. The van der Waals surface area contributed by atoms with Gasteiger partial charge < -0.3 is 10.5 Å². The van der Waals surface area contributed by atoms with Crippen LogP contribution in [0.2, 0.25) is 0 Å². The third-order valence-corrected chi connectivity index (χ3v) is 3.30. The molecule has 1 atom stereocenters. The molecule has 0 aromatic heterocycles. The first kappa shape index (κ1) is 15.0. The van der Waals surface area contributed by atoms with Gasteiger partial charge in [-0.25, -0.2) is 0 Å². The number of hydrogen-bond donors (Lipinski definition) is 1. The van der Waals surface area contributed by atoms with Crippen LogP contribution in [0.4, 0.5) is 5.69 Å². The average molecular weight is 286 g/mol. The van der Waals surface area contributed by atoms with E-state index < -0.39 is 4.92 Å². The topological polar surface area (TPSA) is 78.4 Å². The van der Waals surface area contributed by atoms with E-state index in [1.54, 1.807) is 12.1 Å². The van der Waals surface area contributed by atoms with E-state index in [1.165, 1.54) is 12.1 Å². The Morgan fingerprint density at radius 2 is 1.86 bits per heavy atom. The van der Waals surface area contributed by atoms with Gasteiger partial charge in [0, 0.05) is 23.7 Å². The van der Waals surface area contributed by atoms with Crippen LogP contribution in [0, 0.1) is 10.1 Å². The van der Waals surface area contributed by atoms with Gasteiger partial charge in [-0.3, -0.25) is 10.1 Å². The normalized spacial score (nSPS) is 11.9. The van der Waals surface area contributed by atoms with E-state index in [-0.39, 0.29) is 11.7 Å². The predicted octanol–water partition coefficient (Wildman–Crippen LogP) is 3.58. The van der Waals surface area contributed by atoms with Gasteiger partial charge in [-0.15, -0.1) is 0 Å². The van der Waals surface area contributed by atoms with E-state index in [0.29, 0.717) is 6.61 Å². The SMILES string of the molecule is CCC(N)c1ccccc1OCc1ccc([N+](=O)[O-])cc1. The highest BCUT2D eigenvalue weighted by atomic mass is 16.6. The first-order valence-corrected chi connectivity index (χ1v) is 6.82. The number of nitrogens with two attached hydrogens (primary N) is 1. The summed E-state index contributed by atoms with van der Waals surface area (Å²) >= 11 is 0. The summed E-state index contributed by atoms with van der Waals surface area (Å²) in [6, 6.07) is 14.0. The Kier molecular flexibility index (Phi) is 4.90. The molecule has 2 rings (SSSR count). The van der Waals surface area contributed by atoms with Crippen molar-refractivity contribution in [2.24, 2.45) is 5.73 Å². The molecule has 0 aliphatic rings. The molecule has 0 saturated carbocycles. The highest BCUT2D eigenvalue weighted by Gasteiger charge is 2.10. The quantitative estimate of drug-likeness (QED) is 0.650. The van der Waals surface area contributed by atoms with Crippen molar-refractivity contribution in [1.82, 2.24) is 0 Å². The standard InChI is InChI=1S/C16H18N2O3/c1-2-15(17)14-5-3-4-6-16(14)21-11-12-7-9-13(10-8-12)18(19)20/h3-10,15H,2,11,17H2,1H3. The molecule has 2 aromatic carbocycles. The zero-order valence-electron chi connectivity index (χ0n) is 11.9. The number of non-ortho nitro benzene ring substituents is 1. The second-order valence-electron chi connectivity index (χ2n) is 4.76. The Morgan fingerprint density at radius 3 is 2.48 bits per heavy atom. The van der Waals surface area contributed by atoms with E-state index >= 15 is 0 Å². The molecule has 21 heavy (non-hydrogen) atoms. The minimum Gasteiger partial charge on any atom is -0.489 e. The molecule has 0 fully saturated rings. The number of para-hydroxylation sites is 1. The Labute approximate surface area is 123 Å². The van der Waals surface area contributed by atoms with Crippen LogP contribution in [0.15, 0.2) is 48.5 Å². The number of benzene rings is 2. The lowest BCUT2D eigenvalue weighted by atomic mass is 10.0. The van der Waals surface area contributed by atoms with Gasteiger partial charge in [-0.1, -0.05) is 25.1 Å². The van der Waals surface area contributed by atoms with Gasteiger partial charge in [0.05, 0.1) is 4.92 Å². The Morgan fingerprint density at radius 1 is 1.19 bits per heavy atom. The van der Waals surface area contributed by atoms with Crippen molar-refractivity contribution in [1.29, 1.82) is 0 Å². The molecule has 0 spiro atoms. The number of ether oxygens (including phenoxy) is 1. The third-order valence-electron chi connectivity index (χ3n) is 3.30. The summed E-state index contributed by atoms with van der Waals surface area (Å²) in [6.07, 6.45) is 0.831. The minimum atomic E-state index is -0.416. The maximum absolute atomic E-state index is 10.6. The predicted molar refractivity (Wildman–Crippen MR) is 81.1 cm³/mol. The van der Waals surface area contributed by atoms with Crippen molar-refractivity contribution in [2.75, 3.05) is 0 Å². The number of nitro benzene ring substituents is 1. The van der Waals surface area contributed by atoms with Crippen molar-refractivity contribution in [3.8, 4) is 5.75 Å². The van der Waals surface area contributed by atoms with Crippen LogP contribution in [0.1, 0.15) is 30.5 Å².